The number of aromatic hydroxyl groups is 1. The lowest BCUT2D eigenvalue weighted by atomic mass is 10.1. The highest BCUT2D eigenvalue weighted by atomic mass is 32.2. The average Bonchev–Trinajstić information content (AvgIpc) is 2.45. The average molecular weight is 283 g/mol. The van der Waals surface area contributed by atoms with Crippen molar-refractivity contribution in [3.05, 3.63) is 28.7 Å². The first-order valence-corrected chi connectivity index (χ1v) is 7.02. The Hall–Kier alpha value is -2.02. The number of nitrogens with two attached hydrogens (primary N) is 1. The van der Waals surface area contributed by atoms with Crippen LogP contribution in [0, 0.1) is 0 Å². The zero-order chi connectivity index (χ0) is 14.4. The number of sulfone groups is 1. The van der Waals surface area contributed by atoms with Crippen molar-refractivity contribution in [1.29, 1.82) is 0 Å². The third-order valence-corrected chi connectivity index (χ3v) is 4.41. The summed E-state index contributed by atoms with van der Waals surface area (Å²) in [6.45, 7) is 3.39. The van der Waals surface area contributed by atoms with Gasteiger partial charge in [-0.15, -0.1) is 0 Å². The SMILES string of the molecule is CC(C)OC1=C(C(N)=O)S(=O)(=O)c2ccc(O)cc21. The molecule has 2 rings (SSSR count). The molecule has 0 saturated carbocycles. The van der Waals surface area contributed by atoms with Crippen molar-refractivity contribution in [3.8, 4) is 5.75 Å². The zero-order valence-corrected chi connectivity index (χ0v) is 11.2. The van der Waals surface area contributed by atoms with Gasteiger partial charge in [0.15, 0.2) is 10.7 Å². The molecule has 1 heterocycles. The second kappa shape index (κ2) is 4.27. The molecule has 1 amide bonds. The van der Waals surface area contributed by atoms with Crippen molar-refractivity contribution in [1.82, 2.24) is 0 Å². The molecule has 1 aromatic carbocycles. The maximum Gasteiger partial charge on any atom is 0.264 e. The van der Waals surface area contributed by atoms with Crippen molar-refractivity contribution >= 4 is 21.5 Å². The predicted octanol–water partition coefficient (Wildman–Crippen LogP) is 0.758. The molecule has 0 saturated heterocycles. The summed E-state index contributed by atoms with van der Waals surface area (Å²) in [4.78, 5) is 10.7. The Kier molecular flexibility index (Phi) is 3.01. The highest BCUT2D eigenvalue weighted by Gasteiger charge is 2.40. The molecule has 1 aliphatic rings. The third-order valence-electron chi connectivity index (χ3n) is 2.55. The summed E-state index contributed by atoms with van der Waals surface area (Å²) in [6.07, 6.45) is -0.340. The lowest BCUT2D eigenvalue weighted by molar-refractivity contribution is -0.114. The lowest BCUT2D eigenvalue weighted by Crippen LogP contribution is -2.20. The van der Waals surface area contributed by atoms with Crippen molar-refractivity contribution < 1.29 is 23.1 Å². The first-order valence-electron chi connectivity index (χ1n) is 5.54. The van der Waals surface area contributed by atoms with Crippen LogP contribution in [-0.4, -0.2) is 25.5 Å². The van der Waals surface area contributed by atoms with Crippen molar-refractivity contribution in [3.63, 3.8) is 0 Å². The monoisotopic (exact) mass is 283 g/mol. The quantitative estimate of drug-likeness (QED) is 0.851. The molecule has 3 N–H and O–H groups in total. The number of hydrogen-bond donors (Lipinski definition) is 2. The Morgan fingerprint density at radius 2 is 2.00 bits per heavy atom. The Balaban J connectivity index is 2.78. The largest absolute Gasteiger partial charge is 0.508 e. The molecule has 6 nitrogen and oxygen atoms in total. The van der Waals surface area contributed by atoms with Crippen LogP contribution in [0.15, 0.2) is 28.0 Å². The van der Waals surface area contributed by atoms with Crippen LogP contribution >= 0.6 is 0 Å². The van der Waals surface area contributed by atoms with Crippen LogP contribution in [0.2, 0.25) is 0 Å². The van der Waals surface area contributed by atoms with Crippen LogP contribution in [-0.2, 0) is 19.4 Å². The Labute approximate surface area is 110 Å². The van der Waals surface area contributed by atoms with E-state index in [0.717, 1.165) is 0 Å². The molecule has 0 radical (unpaired) electrons. The van der Waals surface area contributed by atoms with Gasteiger partial charge in [-0.2, -0.15) is 0 Å². The fraction of sp³-hybridized carbons (Fsp3) is 0.250. The number of benzene rings is 1. The minimum absolute atomic E-state index is 0.0882. The standard InChI is InChI=1S/C12H13NO5S/c1-6(2)18-10-8-5-7(14)3-4-9(8)19(16,17)11(10)12(13)15/h3-6,14H,1-2H3,(H2,13,15). The fourth-order valence-electron chi connectivity index (χ4n) is 1.88. The molecule has 0 atom stereocenters. The summed E-state index contributed by atoms with van der Waals surface area (Å²) < 4.78 is 29.8. The molecule has 0 bridgehead atoms. The summed E-state index contributed by atoms with van der Waals surface area (Å²) in [7, 11) is -3.99. The summed E-state index contributed by atoms with van der Waals surface area (Å²) in [5.74, 6) is -1.30. The second-order valence-corrected chi connectivity index (χ2v) is 6.23. The van der Waals surface area contributed by atoms with E-state index in [9.17, 15) is 18.3 Å². The van der Waals surface area contributed by atoms with Crippen LogP contribution in [0.25, 0.3) is 5.76 Å². The number of phenols is 1. The van der Waals surface area contributed by atoms with Gasteiger partial charge in [0, 0.05) is 5.56 Å². The van der Waals surface area contributed by atoms with Gasteiger partial charge in [-0.05, 0) is 32.0 Å². The van der Waals surface area contributed by atoms with Crippen molar-refractivity contribution in [2.75, 3.05) is 0 Å². The van der Waals surface area contributed by atoms with Gasteiger partial charge in [0.25, 0.3) is 5.91 Å². The first kappa shape index (κ1) is 13.4. The van der Waals surface area contributed by atoms with Crippen LogP contribution in [0.5, 0.6) is 5.75 Å². The molecule has 0 aromatic heterocycles. The molecule has 19 heavy (non-hydrogen) atoms. The van der Waals surface area contributed by atoms with E-state index in [2.05, 4.69) is 0 Å². The van der Waals surface area contributed by atoms with E-state index in [1.54, 1.807) is 13.8 Å². The lowest BCUT2D eigenvalue weighted by Gasteiger charge is -2.12. The molecule has 7 heteroatoms. The smallest absolute Gasteiger partial charge is 0.264 e. The number of carbonyl (C=O) groups is 1. The number of rotatable bonds is 3. The van der Waals surface area contributed by atoms with E-state index in [4.69, 9.17) is 10.5 Å². The van der Waals surface area contributed by atoms with E-state index in [-0.39, 0.29) is 28.1 Å². The van der Waals surface area contributed by atoms with Crippen LogP contribution < -0.4 is 5.73 Å². The zero-order valence-electron chi connectivity index (χ0n) is 10.4. The van der Waals surface area contributed by atoms with Gasteiger partial charge in [0.2, 0.25) is 9.84 Å². The van der Waals surface area contributed by atoms with Crippen molar-refractivity contribution in [2.45, 2.75) is 24.8 Å². The number of primary amides is 1. The van der Waals surface area contributed by atoms with E-state index in [1.807, 2.05) is 0 Å². The van der Waals surface area contributed by atoms with Gasteiger partial charge in [-0.3, -0.25) is 4.79 Å². The Morgan fingerprint density at radius 3 is 2.53 bits per heavy atom. The third kappa shape index (κ3) is 2.06. The summed E-state index contributed by atoms with van der Waals surface area (Å²) in [5.41, 5.74) is 5.29. The Morgan fingerprint density at radius 1 is 1.37 bits per heavy atom. The van der Waals surface area contributed by atoms with Crippen LogP contribution in [0.3, 0.4) is 0 Å². The van der Waals surface area contributed by atoms with E-state index < -0.39 is 20.6 Å². The van der Waals surface area contributed by atoms with Crippen LogP contribution in [0.1, 0.15) is 19.4 Å². The molecule has 0 spiro atoms. The number of phenolic OH excluding ortho intramolecular Hbond substituents is 1. The molecular formula is C12H13NO5S. The van der Waals surface area contributed by atoms with E-state index in [1.165, 1.54) is 18.2 Å². The number of fused-ring (bicyclic) bond motifs is 1. The van der Waals surface area contributed by atoms with E-state index >= 15 is 0 Å². The van der Waals surface area contributed by atoms with E-state index in [0.29, 0.717) is 0 Å². The minimum Gasteiger partial charge on any atom is -0.508 e. The van der Waals surface area contributed by atoms with Gasteiger partial charge in [-0.1, -0.05) is 0 Å². The highest BCUT2D eigenvalue weighted by molar-refractivity contribution is 7.96. The predicted molar refractivity (Wildman–Crippen MR) is 67.6 cm³/mol. The summed E-state index contributed by atoms with van der Waals surface area (Å²) in [6, 6.07) is 3.69. The van der Waals surface area contributed by atoms with Gasteiger partial charge in [-0.25, -0.2) is 8.42 Å². The molecule has 102 valence electrons. The molecule has 0 aliphatic carbocycles. The maximum absolute atomic E-state index is 12.2. The highest BCUT2D eigenvalue weighted by Crippen LogP contribution is 2.41. The molecule has 1 aromatic rings. The Bertz CT molecular complexity index is 688. The second-order valence-electron chi connectivity index (χ2n) is 4.37. The maximum atomic E-state index is 12.2. The van der Waals surface area contributed by atoms with Gasteiger partial charge >= 0.3 is 0 Å². The summed E-state index contributed by atoms with van der Waals surface area (Å²) >= 11 is 0. The molecule has 0 fully saturated rings. The number of carbonyl (C=O) groups excluding carboxylic acids is 1. The molecule has 0 unspecified atom stereocenters. The van der Waals surface area contributed by atoms with Gasteiger partial charge < -0.3 is 15.6 Å². The van der Waals surface area contributed by atoms with Gasteiger partial charge in [0.05, 0.1) is 11.0 Å². The van der Waals surface area contributed by atoms with Gasteiger partial charge in [0.1, 0.15) is 5.75 Å². The minimum atomic E-state index is -3.99. The number of amides is 1. The number of ether oxygens (including phenoxy) is 1. The summed E-state index contributed by atoms with van der Waals surface area (Å²) in [5, 5.41) is 9.45. The molecular weight excluding hydrogens is 270 g/mol. The normalized spacial score (nSPS) is 16.6. The molecule has 1 aliphatic heterocycles. The van der Waals surface area contributed by atoms with Crippen LogP contribution in [0.4, 0.5) is 0 Å². The first-order chi connectivity index (χ1) is 8.75. The van der Waals surface area contributed by atoms with Crippen molar-refractivity contribution in [2.24, 2.45) is 5.73 Å². The topological polar surface area (TPSA) is 107 Å². The fourth-order valence-corrected chi connectivity index (χ4v) is 3.46. The number of hydrogen-bond acceptors (Lipinski definition) is 5.